The number of carbonyl (C=O) groups excluding carboxylic acids is 1. The summed E-state index contributed by atoms with van der Waals surface area (Å²) in [5.41, 5.74) is 2.51. The molecular formula is C21H28N2O4S. The fraction of sp³-hybridized carbons (Fsp3) is 0.381. The normalized spacial score (nSPS) is 11.5. The minimum absolute atomic E-state index is 0.149. The number of nitrogens with zero attached hydrogens (tertiary/aromatic N) is 1. The number of sulfonamides is 1. The van der Waals surface area contributed by atoms with E-state index in [1.54, 1.807) is 36.4 Å². The molecule has 0 atom stereocenters. The number of amides is 1. The van der Waals surface area contributed by atoms with Crippen molar-refractivity contribution in [3.8, 4) is 0 Å². The fourth-order valence-corrected chi connectivity index (χ4v) is 4.08. The predicted molar refractivity (Wildman–Crippen MR) is 111 cm³/mol. The lowest BCUT2D eigenvalue weighted by molar-refractivity contribution is -0.119. The van der Waals surface area contributed by atoms with Gasteiger partial charge in [0.05, 0.1) is 17.2 Å². The van der Waals surface area contributed by atoms with Crippen molar-refractivity contribution in [3.63, 3.8) is 0 Å². The molecule has 7 heteroatoms. The van der Waals surface area contributed by atoms with Gasteiger partial charge in [0, 0.05) is 13.7 Å². The molecule has 0 saturated heterocycles. The van der Waals surface area contributed by atoms with Crippen LogP contribution in [0.15, 0.2) is 53.4 Å². The first-order valence-corrected chi connectivity index (χ1v) is 10.6. The van der Waals surface area contributed by atoms with Crippen LogP contribution in [0, 0.1) is 6.92 Å². The van der Waals surface area contributed by atoms with E-state index in [4.69, 9.17) is 4.74 Å². The average molecular weight is 405 g/mol. The van der Waals surface area contributed by atoms with Crippen molar-refractivity contribution in [2.45, 2.75) is 31.6 Å². The predicted octanol–water partition coefficient (Wildman–Crippen LogP) is 3.08. The van der Waals surface area contributed by atoms with Gasteiger partial charge in [-0.3, -0.25) is 9.10 Å². The lowest BCUT2D eigenvalue weighted by atomic mass is 10.0. The Balaban J connectivity index is 2.37. The third-order valence-electron chi connectivity index (χ3n) is 4.37. The van der Waals surface area contributed by atoms with Crippen LogP contribution >= 0.6 is 0 Å². The van der Waals surface area contributed by atoms with Crippen molar-refractivity contribution in [3.05, 3.63) is 59.7 Å². The second kappa shape index (κ2) is 9.71. The molecule has 0 radical (unpaired) electrons. The molecule has 2 aromatic rings. The van der Waals surface area contributed by atoms with E-state index < -0.39 is 10.0 Å². The number of nitrogens with one attached hydrogen (secondary N) is 1. The molecule has 0 aromatic heterocycles. The van der Waals surface area contributed by atoms with Gasteiger partial charge in [0.1, 0.15) is 6.54 Å². The summed E-state index contributed by atoms with van der Waals surface area (Å²) in [6.07, 6.45) is 0. The highest BCUT2D eigenvalue weighted by atomic mass is 32.2. The Morgan fingerprint density at radius 2 is 1.68 bits per heavy atom. The van der Waals surface area contributed by atoms with Gasteiger partial charge in [-0.25, -0.2) is 8.42 Å². The molecule has 152 valence electrons. The van der Waals surface area contributed by atoms with Gasteiger partial charge in [0.2, 0.25) is 5.91 Å². The van der Waals surface area contributed by atoms with Crippen LogP contribution in [0.4, 0.5) is 5.69 Å². The molecule has 0 heterocycles. The van der Waals surface area contributed by atoms with Gasteiger partial charge >= 0.3 is 0 Å². The Morgan fingerprint density at radius 1 is 1.07 bits per heavy atom. The maximum Gasteiger partial charge on any atom is 0.264 e. The average Bonchev–Trinajstić information content (AvgIpc) is 2.66. The molecule has 0 fully saturated rings. The van der Waals surface area contributed by atoms with Gasteiger partial charge in [-0.05, 0) is 42.7 Å². The number of hydrogen-bond donors (Lipinski definition) is 1. The highest BCUT2D eigenvalue weighted by molar-refractivity contribution is 7.92. The van der Waals surface area contributed by atoms with Crippen molar-refractivity contribution in [1.29, 1.82) is 0 Å². The second-order valence-corrected chi connectivity index (χ2v) is 8.78. The number of benzene rings is 2. The highest BCUT2D eigenvalue weighted by Crippen LogP contribution is 2.26. The minimum Gasteiger partial charge on any atom is -0.383 e. The maximum atomic E-state index is 13.2. The largest absolute Gasteiger partial charge is 0.383 e. The van der Waals surface area contributed by atoms with Crippen molar-refractivity contribution < 1.29 is 17.9 Å². The number of aryl methyl sites for hydroxylation is 1. The number of carbonyl (C=O) groups is 1. The highest BCUT2D eigenvalue weighted by Gasteiger charge is 2.27. The first-order chi connectivity index (χ1) is 13.3. The lowest BCUT2D eigenvalue weighted by Crippen LogP contribution is -2.41. The minimum atomic E-state index is -3.89. The van der Waals surface area contributed by atoms with Gasteiger partial charge in [-0.2, -0.15) is 0 Å². The molecule has 2 rings (SSSR count). The van der Waals surface area contributed by atoms with Crippen LogP contribution in [-0.2, 0) is 19.6 Å². The smallest absolute Gasteiger partial charge is 0.264 e. The maximum absolute atomic E-state index is 13.2. The molecule has 6 nitrogen and oxygen atoms in total. The number of anilines is 1. The van der Waals surface area contributed by atoms with E-state index in [1.165, 1.54) is 7.11 Å². The summed E-state index contributed by atoms with van der Waals surface area (Å²) in [7, 11) is -2.35. The molecule has 1 N–H and O–H groups in total. The first-order valence-electron chi connectivity index (χ1n) is 9.20. The van der Waals surface area contributed by atoms with Crippen LogP contribution < -0.4 is 9.62 Å². The van der Waals surface area contributed by atoms with E-state index in [-0.39, 0.29) is 17.3 Å². The van der Waals surface area contributed by atoms with Crippen LogP contribution in [0.25, 0.3) is 0 Å². The Kier molecular flexibility index (Phi) is 7.60. The van der Waals surface area contributed by atoms with E-state index in [9.17, 15) is 13.2 Å². The number of methoxy groups -OCH3 is 1. The van der Waals surface area contributed by atoms with Crippen LogP contribution in [-0.4, -0.2) is 41.1 Å². The zero-order valence-electron chi connectivity index (χ0n) is 16.8. The summed E-state index contributed by atoms with van der Waals surface area (Å²) in [6, 6.07) is 13.9. The molecule has 0 saturated carbocycles. The van der Waals surface area contributed by atoms with E-state index in [0.29, 0.717) is 24.8 Å². The Labute approximate surface area is 167 Å². The molecule has 2 aromatic carbocycles. The summed E-state index contributed by atoms with van der Waals surface area (Å²) < 4.78 is 32.6. The van der Waals surface area contributed by atoms with Crippen molar-refractivity contribution in [1.82, 2.24) is 5.32 Å². The van der Waals surface area contributed by atoms with Crippen LogP contribution in [0.5, 0.6) is 0 Å². The quantitative estimate of drug-likeness (QED) is 0.652. The van der Waals surface area contributed by atoms with Crippen LogP contribution in [0.3, 0.4) is 0 Å². The molecule has 0 aliphatic carbocycles. The Hall–Kier alpha value is -2.38. The van der Waals surface area contributed by atoms with Crippen molar-refractivity contribution in [2.24, 2.45) is 0 Å². The third kappa shape index (κ3) is 5.56. The van der Waals surface area contributed by atoms with Crippen molar-refractivity contribution >= 4 is 21.6 Å². The Morgan fingerprint density at radius 3 is 2.21 bits per heavy atom. The molecule has 1 amide bonds. The topological polar surface area (TPSA) is 75.7 Å². The van der Waals surface area contributed by atoms with Crippen molar-refractivity contribution in [2.75, 3.05) is 31.1 Å². The molecule has 0 spiro atoms. The van der Waals surface area contributed by atoms with Gasteiger partial charge in [-0.15, -0.1) is 0 Å². The second-order valence-electron chi connectivity index (χ2n) is 6.91. The fourth-order valence-electron chi connectivity index (χ4n) is 2.66. The van der Waals surface area contributed by atoms with E-state index in [2.05, 4.69) is 19.2 Å². The lowest BCUT2D eigenvalue weighted by Gasteiger charge is -2.24. The Bertz CT molecular complexity index is 876. The monoisotopic (exact) mass is 404 g/mol. The SMILES string of the molecule is COCCNC(=O)CN(c1ccc(C(C)C)cc1)S(=O)(=O)c1ccc(C)cc1. The van der Waals surface area contributed by atoms with Crippen LogP contribution in [0.2, 0.25) is 0 Å². The summed E-state index contributed by atoms with van der Waals surface area (Å²) in [5, 5.41) is 2.68. The zero-order chi connectivity index (χ0) is 20.7. The summed E-state index contributed by atoms with van der Waals surface area (Å²) in [4.78, 5) is 12.5. The number of ether oxygens (including phenoxy) is 1. The number of rotatable bonds is 9. The van der Waals surface area contributed by atoms with Gasteiger partial charge in [0.15, 0.2) is 0 Å². The summed E-state index contributed by atoms with van der Waals surface area (Å²) in [6.45, 7) is 6.40. The number of hydrogen-bond acceptors (Lipinski definition) is 4. The standard InChI is InChI=1S/C21H28N2O4S/c1-16(2)18-7-9-19(10-8-18)23(15-21(24)22-13-14-27-4)28(25,26)20-11-5-17(3)6-12-20/h5-12,16H,13-15H2,1-4H3,(H,22,24). The van der Waals surface area contributed by atoms with Gasteiger partial charge in [0.25, 0.3) is 10.0 Å². The molecule has 0 aliphatic heterocycles. The van der Waals surface area contributed by atoms with E-state index in [0.717, 1.165) is 15.4 Å². The van der Waals surface area contributed by atoms with E-state index >= 15 is 0 Å². The molecule has 28 heavy (non-hydrogen) atoms. The first kappa shape index (κ1) is 21.9. The van der Waals surface area contributed by atoms with E-state index in [1.807, 2.05) is 19.1 Å². The summed E-state index contributed by atoms with van der Waals surface area (Å²) in [5.74, 6) is -0.0609. The van der Waals surface area contributed by atoms with Gasteiger partial charge < -0.3 is 10.1 Å². The summed E-state index contributed by atoms with van der Waals surface area (Å²) >= 11 is 0. The molecule has 0 bridgehead atoms. The molecular weight excluding hydrogens is 376 g/mol. The molecule has 0 aliphatic rings. The zero-order valence-corrected chi connectivity index (χ0v) is 17.6. The molecule has 0 unspecified atom stereocenters. The van der Waals surface area contributed by atoms with Crippen LogP contribution in [0.1, 0.15) is 30.9 Å². The third-order valence-corrected chi connectivity index (χ3v) is 6.16. The van der Waals surface area contributed by atoms with Gasteiger partial charge in [-0.1, -0.05) is 43.7 Å².